The molecule has 0 spiro atoms. The smallest absolute Gasteiger partial charge is 0.0430 e. The van der Waals surface area contributed by atoms with Crippen molar-refractivity contribution < 1.29 is 0 Å². The van der Waals surface area contributed by atoms with Gasteiger partial charge in [-0.1, -0.05) is 78.9 Å². The quantitative estimate of drug-likeness (QED) is 0.386. The summed E-state index contributed by atoms with van der Waals surface area (Å²) in [5.74, 6) is 0. The number of nitrogens with one attached hydrogen (secondary N) is 2. The van der Waals surface area contributed by atoms with Crippen molar-refractivity contribution in [3.8, 4) is 0 Å². The van der Waals surface area contributed by atoms with Crippen molar-refractivity contribution in [3.05, 3.63) is 132 Å². The molecule has 2 N–H and O–H groups in total. The Labute approximate surface area is 177 Å². The van der Waals surface area contributed by atoms with E-state index >= 15 is 0 Å². The third kappa shape index (κ3) is 3.37. The Bertz CT molecular complexity index is 1180. The molecule has 4 aromatic rings. The molecule has 0 aliphatic carbocycles. The highest BCUT2D eigenvalue weighted by atomic mass is 14.9. The number of hydrogen-bond acceptors (Lipinski definition) is 2. The van der Waals surface area contributed by atoms with Gasteiger partial charge in [-0.2, -0.15) is 0 Å². The molecule has 2 heteroatoms. The van der Waals surface area contributed by atoms with Gasteiger partial charge in [0, 0.05) is 28.2 Å². The number of benzene rings is 4. The number of hydrogen-bond donors (Lipinski definition) is 2. The first kappa shape index (κ1) is 18.3. The molecule has 2 nitrogen and oxygen atoms in total. The number of rotatable bonds is 4. The SMILES string of the molecule is CC1(c2ccccc2)C=C(c2ccccc2)Nc2ccc(Nc3ccccc3)cc21. The summed E-state index contributed by atoms with van der Waals surface area (Å²) in [5.41, 5.74) is 7.92. The molecule has 146 valence electrons. The molecule has 0 saturated heterocycles. The van der Waals surface area contributed by atoms with Gasteiger partial charge in [0.1, 0.15) is 0 Å². The maximum atomic E-state index is 3.66. The fourth-order valence-corrected chi connectivity index (χ4v) is 4.19. The Hall–Kier alpha value is -3.78. The number of fused-ring (bicyclic) bond motifs is 1. The van der Waals surface area contributed by atoms with Crippen LogP contribution in [0.4, 0.5) is 17.1 Å². The first-order chi connectivity index (χ1) is 14.7. The second-order valence-corrected chi connectivity index (χ2v) is 7.87. The van der Waals surface area contributed by atoms with E-state index in [1.54, 1.807) is 0 Å². The van der Waals surface area contributed by atoms with Crippen LogP contribution < -0.4 is 10.6 Å². The second kappa shape index (κ2) is 7.57. The predicted molar refractivity (Wildman–Crippen MR) is 127 cm³/mol. The average Bonchev–Trinajstić information content (AvgIpc) is 2.81. The van der Waals surface area contributed by atoms with Gasteiger partial charge < -0.3 is 10.6 Å². The van der Waals surface area contributed by atoms with Crippen LogP contribution in [0.2, 0.25) is 0 Å². The molecule has 0 fully saturated rings. The zero-order valence-electron chi connectivity index (χ0n) is 17.0. The van der Waals surface area contributed by atoms with Crippen molar-refractivity contribution in [2.75, 3.05) is 10.6 Å². The highest BCUT2D eigenvalue weighted by Crippen LogP contribution is 2.45. The van der Waals surface area contributed by atoms with Crippen molar-refractivity contribution in [2.24, 2.45) is 0 Å². The lowest BCUT2D eigenvalue weighted by Crippen LogP contribution is -2.27. The largest absolute Gasteiger partial charge is 0.356 e. The summed E-state index contributed by atoms with van der Waals surface area (Å²) in [7, 11) is 0. The lowest BCUT2D eigenvalue weighted by Gasteiger charge is -2.36. The minimum atomic E-state index is -0.249. The monoisotopic (exact) mass is 388 g/mol. The van der Waals surface area contributed by atoms with E-state index in [1.807, 2.05) is 18.2 Å². The van der Waals surface area contributed by atoms with Gasteiger partial charge in [-0.15, -0.1) is 0 Å². The Morgan fingerprint density at radius 3 is 2.00 bits per heavy atom. The van der Waals surface area contributed by atoms with Crippen molar-refractivity contribution in [1.82, 2.24) is 0 Å². The number of para-hydroxylation sites is 1. The van der Waals surface area contributed by atoms with E-state index in [0.717, 1.165) is 22.8 Å². The van der Waals surface area contributed by atoms with Crippen LogP contribution >= 0.6 is 0 Å². The lowest BCUT2D eigenvalue weighted by molar-refractivity contribution is 0.721. The zero-order valence-corrected chi connectivity index (χ0v) is 17.0. The van der Waals surface area contributed by atoms with Crippen LogP contribution in [0.25, 0.3) is 5.70 Å². The summed E-state index contributed by atoms with van der Waals surface area (Å²) < 4.78 is 0. The normalized spacial score (nSPS) is 17.4. The number of anilines is 3. The van der Waals surface area contributed by atoms with E-state index in [2.05, 4.69) is 115 Å². The van der Waals surface area contributed by atoms with Gasteiger partial charge in [-0.25, -0.2) is 0 Å². The Morgan fingerprint density at radius 2 is 1.30 bits per heavy atom. The molecule has 1 aliphatic rings. The summed E-state index contributed by atoms with van der Waals surface area (Å²) in [6, 6.07) is 38.1. The molecule has 1 heterocycles. The average molecular weight is 389 g/mol. The zero-order chi connectivity index (χ0) is 20.4. The van der Waals surface area contributed by atoms with Crippen LogP contribution in [-0.4, -0.2) is 0 Å². The molecule has 5 rings (SSSR count). The molecule has 1 unspecified atom stereocenters. The van der Waals surface area contributed by atoms with E-state index in [9.17, 15) is 0 Å². The summed E-state index contributed by atoms with van der Waals surface area (Å²) in [5, 5.41) is 7.20. The Balaban J connectivity index is 1.63. The van der Waals surface area contributed by atoms with Gasteiger partial charge >= 0.3 is 0 Å². The maximum Gasteiger partial charge on any atom is 0.0430 e. The standard InChI is InChI=1S/C28H24N2/c1-28(22-13-7-3-8-14-22)20-27(21-11-5-2-6-12-21)30-26-18-17-24(19-25(26)28)29-23-15-9-4-10-16-23/h2-20,29-30H,1H3. The topological polar surface area (TPSA) is 24.1 Å². The van der Waals surface area contributed by atoms with Crippen molar-refractivity contribution in [1.29, 1.82) is 0 Å². The molecular formula is C28H24N2. The van der Waals surface area contributed by atoms with Crippen LogP contribution in [0.5, 0.6) is 0 Å². The molecule has 0 bridgehead atoms. The molecule has 1 aliphatic heterocycles. The van der Waals surface area contributed by atoms with E-state index in [-0.39, 0.29) is 5.41 Å². The van der Waals surface area contributed by atoms with Gasteiger partial charge in [0.25, 0.3) is 0 Å². The van der Waals surface area contributed by atoms with Gasteiger partial charge in [-0.3, -0.25) is 0 Å². The predicted octanol–water partition coefficient (Wildman–Crippen LogP) is 7.20. The first-order valence-corrected chi connectivity index (χ1v) is 10.3. The summed E-state index contributed by atoms with van der Waals surface area (Å²) in [6.45, 7) is 2.30. The highest BCUT2D eigenvalue weighted by Gasteiger charge is 2.33. The molecule has 0 aromatic heterocycles. The number of allylic oxidation sites excluding steroid dienone is 1. The molecule has 30 heavy (non-hydrogen) atoms. The second-order valence-electron chi connectivity index (χ2n) is 7.87. The summed E-state index contributed by atoms with van der Waals surface area (Å²) >= 11 is 0. The van der Waals surface area contributed by atoms with Gasteiger partial charge in [0.15, 0.2) is 0 Å². The lowest BCUT2D eigenvalue weighted by atomic mass is 9.72. The first-order valence-electron chi connectivity index (χ1n) is 10.3. The minimum Gasteiger partial charge on any atom is -0.356 e. The van der Waals surface area contributed by atoms with Gasteiger partial charge in [0.05, 0.1) is 0 Å². The van der Waals surface area contributed by atoms with Crippen LogP contribution in [0.3, 0.4) is 0 Å². The molecule has 0 radical (unpaired) electrons. The minimum absolute atomic E-state index is 0.249. The van der Waals surface area contributed by atoms with Crippen molar-refractivity contribution >= 4 is 22.8 Å². The van der Waals surface area contributed by atoms with Gasteiger partial charge in [-0.05, 0) is 60.0 Å². The van der Waals surface area contributed by atoms with Crippen molar-refractivity contribution in [2.45, 2.75) is 12.3 Å². The Kier molecular flexibility index (Phi) is 4.61. The van der Waals surface area contributed by atoms with E-state index in [0.29, 0.717) is 0 Å². The Morgan fingerprint density at radius 1 is 0.667 bits per heavy atom. The third-order valence-corrected chi connectivity index (χ3v) is 5.80. The third-order valence-electron chi connectivity index (χ3n) is 5.80. The van der Waals surface area contributed by atoms with E-state index in [4.69, 9.17) is 0 Å². The van der Waals surface area contributed by atoms with Crippen LogP contribution in [0, 0.1) is 0 Å². The molecular weight excluding hydrogens is 364 g/mol. The fourth-order valence-electron chi connectivity index (χ4n) is 4.19. The van der Waals surface area contributed by atoms with E-state index < -0.39 is 0 Å². The highest BCUT2D eigenvalue weighted by molar-refractivity contribution is 5.85. The van der Waals surface area contributed by atoms with Crippen LogP contribution in [-0.2, 0) is 5.41 Å². The van der Waals surface area contributed by atoms with Gasteiger partial charge in [0.2, 0.25) is 0 Å². The molecule has 0 saturated carbocycles. The molecule has 0 amide bonds. The van der Waals surface area contributed by atoms with Crippen LogP contribution in [0.15, 0.2) is 115 Å². The summed E-state index contributed by atoms with van der Waals surface area (Å²) in [6.07, 6.45) is 2.35. The van der Waals surface area contributed by atoms with E-state index in [1.165, 1.54) is 16.7 Å². The fraction of sp³-hybridized carbons (Fsp3) is 0.0714. The van der Waals surface area contributed by atoms with Crippen molar-refractivity contribution in [3.63, 3.8) is 0 Å². The molecule has 4 aromatic carbocycles. The molecule has 1 atom stereocenters. The maximum absolute atomic E-state index is 3.66. The summed E-state index contributed by atoms with van der Waals surface area (Å²) in [4.78, 5) is 0. The van der Waals surface area contributed by atoms with Crippen LogP contribution in [0.1, 0.15) is 23.6 Å².